The third kappa shape index (κ3) is 4.18. The minimum atomic E-state index is -0.0940. The Bertz CT molecular complexity index is 528. The number of aryl methyl sites for hydroxylation is 2. The molecule has 1 fully saturated rings. The molecule has 2 rings (SSSR count). The minimum Gasteiger partial charge on any atom is -0.396 e. The molecule has 1 aromatic carbocycles. The number of amides is 1. The van der Waals surface area contributed by atoms with E-state index in [9.17, 15) is 9.90 Å². The molecule has 3 nitrogen and oxygen atoms in total. The van der Waals surface area contributed by atoms with Gasteiger partial charge in [0.25, 0.3) is 0 Å². The van der Waals surface area contributed by atoms with Gasteiger partial charge in [0.1, 0.15) is 0 Å². The molecule has 0 unspecified atom stereocenters. The summed E-state index contributed by atoms with van der Waals surface area (Å²) in [5, 5.41) is 12.5. The topological polar surface area (TPSA) is 49.3 Å². The van der Waals surface area contributed by atoms with Crippen molar-refractivity contribution < 1.29 is 9.90 Å². The molecule has 0 radical (unpaired) electrons. The van der Waals surface area contributed by atoms with E-state index in [0.29, 0.717) is 6.54 Å². The van der Waals surface area contributed by atoms with Gasteiger partial charge < -0.3 is 10.4 Å². The molecule has 1 aliphatic rings. The van der Waals surface area contributed by atoms with E-state index in [-0.39, 0.29) is 17.9 Å². The number of hydrogen-bond acceptors (Lipinski definition) is 2. The number of aliphatic hydroxyl groups excluding tert-OH is 1. The first-order valence-electron chi connectivity index (χ1n) is 7.69. The van der Waals surface area contributed by atoms with E-state index < -0.39 is 0 Å². The van der Waals surface area contributed by atoms with Gasteiger partial charge in [0.05, 0.1) is 6.61 Å². The van der Waals surface area contributed by atoms with Gasteiger partial charge in [-0.25, -0.2) is 0 Å². The van der Waals surface area contributed by atoms with Crippen molar-refractivity contribution in [3.8, 4) is 0 Å². The highest BCUT2D eigenvalue weighted by Crippen LogP contribution is 2.36. The lowest BCUT2D eigenvalue weighted by Gasteiger charge is -2.26. The lowest BCUT2D eigenvalue weighted by Crippen LogP contribution is -2.37. The van der Waals surface area contributed by atoms with Crippen LogP contribution in [0.5, 0.6) is 0 Å². The monoisotopic (exact) mass is 287 g/mol. The molecule has 0 spiro atoms. The number of aliphatic hydroxyl groups is 1. The van der Waals surface area contributed by atoms with E-state index in [2.05, 4.69) is 18.3 Å². The molecule has 2 N–H and O–H groups in total. The van der Waals surface area contributed by atoms with E-state index >= 15 is 0 Å². The maximum atomic E-state index is 11.9. The second-order valence-electron chi connectivity index (χ2n) is 6.28. The Morgan fingerprint density at radius 2 is 2.05 bits per heavy atom. The molecule has 0 saturated heterocycles. The van der Waals surface area contributed by atoms with Gasteiger partial charge in [-0.1, -0.05) is 36.6 Å². The van der Waals surface area contributed by atoms with Crippen molar-refractivity contribution in [1.82, 2.24) is 5.32 Å². The summed E-state index contributed by atoms with van der Waals surface area (Å²) in [6, 6.07) is 6.18. The van der Waals surface area contributed by atoms with E-state index in [4.69, 9.17) is 0 Å². The van der Waals surface area contributed by atoms with Crippen LogP contribution in [-0.2, 0) is 4.79 Å². The van der Waals surface area contributed by atoms with Gasteiger partial charge in [0.15, 0.2) is 0 Å². The van der Waals surface area contributed by atoms with Gasteiger partial charge in [0.2, 0.25) is 5.91 Å². The number of hydrogen-bond donors (Lipinski definition) is 2. The second kappa shape index (κ2) is 6.90. The molecule has 0 atom stereocenters. The summed E-state index contributed by atoms with van der Waals surface area (Å²) in [6.07, 6.45) is 7.74. The molecule has 114 valence electrons. The number of benzene rings is 1. The van der Waals surface area contributed by atoms with Crippen LogP contribution in [0.3, 0.4) is 0 Å². The number of carbonyl (C=O) groups excluding carboxylic acids is 1. The molecule has 21 heavy (non-hydrogen) atoms. The first-order chi connectivity index (χ1) is 10.0. The fourth-order valence-electron chi connectivity index (χ4n) is 3.03. The highest BCUT2D eigenvalue weighted by atomic mass is 16.3. The van der Waals surface area contributed by atoms with E-state index in [1.807, 2.05) is 25.1 Å². The molecule has 3 heteroatoms. The van der Waals surface area contributed by atoms with Crippen LogP contribution >= 0.6 is 0 Å². The summed E-state index contributed by atoms with van der Waals surface area (Å²) < 4.78 is 0. The minimum absolute atomic E-state index is 0.0882. The Labute approximate surface area is 127 Å². The van der Waals surface area contributed by atoms with Crippen molar-refractivity contribution in [2.24, 2.45) is 5.41 Å². The lowest BCUT2D eigenvalue weighted by molar-refractivity contribution is -0.117. The Morgan fingerprint density at radius 1 is 1.33 bits per heavy atom. The Hall–Kier alpha value is -1.61. The van der Waals surface area contributed by atoms with Gasteiger partial charge >= 0.3 is 0 Å². The van der Waals surface area contributed by atoms with E-state index in [0.717, 1.165) is 31.2 Å². The van der Waals surface area contributed by atoms with Gasteiger partial charge in [-0.15, -0.1) is 0 Å². The molecule has 1 aromatic rings. The lowest BCUT2D eigenvalue weighted by atomic mass is 9.87. The molecule has 0 heterocycles. The van der Waals surface area contributed by atoms with E-state index in [1.54, 1.807) is 6.08 Å². The molecule has 1 amide bonds. The SMILES string of the molecule is Cc1ccc(/C=C/C(=O)NCC2(CO)CCCC2)c(C)c1. The standard InChI is InChI=1S/C18H25NO2/c1-14-5-6-16(15(2)11-14)7-8-17(21)19-12-18(13-20)9-3-4-10-18/h5-8,11,20H,3-4,9-10,12-13H2,1-2H3,(H,19,21)/b8-7+. The molecular formula is C18H25NO2. The quantitative estimate of drug-likeness (QED) is 0.818. The van der Waals surface area contributed by atoms with Crippen molar-refractivity contribution in [3.63, 3.8) is 0 Å². The van der Waals surface area contributed by atoms with Crippen LogP contribution in [0.1, 0.15) is 42.4 Å². The van der Waals surface area contributed by atoms with Crippen molar-refractivity contribution in [1.29, 1.82) is 0 Å². The molecule has 0 bridgehead atoms. The van der Waals surface area contributed by atoms with Gasteiger partial charge in [-0.2, -0.15) is 0 Å². The number of carbonyl (C=O) groups is 1. The average molecular weight is 287 g/mol. The zero-order valence-corrected chi connectivity index (χ0v) is 13.0. The van der Waals surface area contributed by atoms with Gasteiger partial charge in [-0.3, -0.25) is 4.79 Å². The fourth-order valence-corrected chi connectivity index (χ4v) is 3.03. The fraction of sp³-hybridized carbons (Fsp3) is 0.500. The van der Waals surface area contributed by atoms with E-state index in [1.165, 1.54) is 11.1 Å². The van der Waals surface area contributed by atoms with Crippen molar-refractivity contribution in [2.45, 2.75) is 39.5 Å². The number of nitrogens with one attached hydrogen (secondary N) is 1. The first-order valence-corrected chi connectivity index (χ1v) is 7.69. The van der Waals surface area contributed by atoms with Gasteiger partial charge in [-0.05, 0) is 43.9 Å². The summed E-state index contributed by atoms with van der Waals surface area (Å²) >= 11 is 0. The maximum absolute atomic E-state index is 11.9. The van der Waals surface area contributed by atoms with Crippen LogP contribution in [0.15, 0.2) is 24.3 Å². The van der Waals surface area contributed by atoms with Crippen LogP contribution in [0.2, 0.25) is 0 Å². The zero-order chi connectivity index (χ0) is 15.3. The third-order valence-electron chi connectivity index (χ3n) is 4.48. The normalized spacial score (nSPS) is 17.3. The highest BCUT2D eigenvalue weighted by Gasteiger charge is 2.33. The largest absolute Gasteiger partial charge is 0.396 e. The maximum Gasteiger partial charge on any atom is 0.244 e. The predicted molar refractivity (Wildman–Crippen MR) is 85.9 cm³/mol. The van der Waals surface area contributed by atoms with Crippen molar-refractivity contribution >= 4 is 12.0 Å². The molecule has 1 saturated carbocycles. The van der Waals surface area contributed by atoms with Crippen LogP contribution in [-0.4, -0.2) is 24.2 Å². The van der Waals surface area contributed by atoms with Crippen LogP contribution in [0.25, 0.3) is 6.08 Å². The predicted octanol–water partition coefficient (Wildman–Crippen LogP) is 2.99. The summed E-state index contributed by atoms with van der Waals surface area (Å²) in [4.78, 5) is 11.9. The summed E-state index contributed by atoms with van der Waals surface area (Å²) in [6.45, 7) is 4.83. The van der Waals surface area contributed by atoms with Crippen LogP contribution in [0.4, 0.5) is 0 Å². The first kappa shape index (κ1) is 15.8. The van der Waals surface area contributed by atoms with Gasteiger partial charge in [0, 0.05) is 18.0 Å². The number of rotatable bonds is 5. The molecule has 0 aromatic heterocycles. The van der Waals surface area contributed by atoms with Crippen molar-refractivity contribution in [3.05, 3.63) is 41.0 Å². The Morgan fingerprint density at radius 3 is 2.67 bits per heavy atom. The summed E-state index contributed by atoms with van der Waals surface area (Å²) in [5.41, 5.74) is 3.36. The Balaban J connectivity index is 1.90. The van der Waals surface area contributed by atoms with Crippen LogP contribution in [0, 0.1) is 19.3 Å². The average Bonchev–Trinajstić information content (AvgIpc) is 2.94. The Kier molecular flexibility index (Phi) is 5.18. The smallest absolute Gasteiger partial charge is 0.244 e. The molecule has 0 aliphatic heterocycles. The van der Waals surface area contributed by atoms with Crippen LogP contribution < -0.4 is 5.32 Å². The zero-order valence-electron chi connectivity index (χ0n) is 13.0. The summed E-state index contributed by atoms with van der Waals surface area (Å²) in [5.74, 6) is -0.0882. The molecular weight excluding hydrogens is 262 g/mol. The molecule has 1 aliphatic carbocycles. The third-order valence-corrected chi connectivity index (χ3v) is 4.48. The van der Waals surface area contributed by atoms with Crippen molar-refractivity contribution in [2.75, 3.05) is 13.2 Å². The highest BCUT2D eigenvalue weighted by molar-refractivity contribution is 5.91. The second-order valence-corrected chi connectivity index (χ2v) is 6.28. The summed E-state index contributed by atoms with van der Waals surface area (Å²) in [7, 11) is 0.